The van der Waals surface area contributed by atoms with Crippen molar-refractivity contribution < 1.29 is 14.3 Å². The first kappa shape index (κ1) is 17.5. The molecule has 1 heterocycles. The molecule has 140 valence electrons. The average molecular weight is 365 g/mol. The predicted molar refractivity (Wildman–Crippen MR) is 105 cm³/mol. The fourth-order valence-corrected chi connectivity index (χ4v) is 3.70. The van der Waals surface area contributed by atoms with Gasteiger partial charge in [0.2, 0.25) is 0 Å². The Morgan fingerprint density at radius 1 is 1.07 bits per heavy atom. The van der Waals surface area contributed by atoms with Crippen molar-refractivity contribution in [2.75, 3.05) is 34.9 Å². The lowest BCUT2D eigenvalue weighted by Gasteiger charge is -2.19. The molecule has 1 aliphatic carbocycles. The topological polar surface area (TPSA) is 56.6 Å². The number of carbonyl (C=O) groups excluding carboxylic acids is 1. The Bertz CT molecular complexity index is 1070. The largest absolute Gasteiger partial charge is 0.497 e. The number of hydrogen-bond acceptors (Lipinski definition) is 5. The van der Waals surface area contributed by atoms with Gasteiger partial charge >= 0.3 is 0 Å². The molecule has 0 fully saturated rings. The van der Waals surface area contributed by atoms with Crippen LogP contribution in [-0.2, 0) is 6.54 Å². The summed E-state index contributed by atoms with van der Waals surface area (Å²) in [5.41, 5.74) is 4.84. The third-order valence-electron chi connectivity index (χ3n) is 5.01. The highest BCUT2D eigenvalue weighted by Crippen LogP contribution is 2.45. The Morgan fingerprint density at radius 3 is 2.52 bits per heavy atom. The quantitative estimate of drug-likeness (QED) is 0.544. The van der Waals surface area contributed by atoms with E-state index in [-0.39, 0.29) is 5.78 Å². The molecule has 0 amide bonds. The predicted octanol–water partition coefficient (Wildman–Crippen LogP) is 3.13. The third kappa shape index (κ3) is 2.68. The van der Waals surface area contributed by atoms with Gasteiger partial charge < -0.3 is 14.4 Å². The van der Waals surface area contributed by atoms with Crippen molar-refractivity contribution in [3.05, 3.63) is 41.0 Å². The summed E-state index contributed by atoms with van der Waals surface area (Å²) in [6, 6.07) is 7.62. The van der Waals surface area contributed by atoms with Gasteiger partial charge in [-0.2, -0.15) is 5.10 Å². The van der Waals surface area contributed by atoms with Crippen LogP contribution in [0.15, 0.2) is 24.3 Å². The number of methoxy groups -OCH3 is 2. The van der Waals surface area contributed by atoms with Crippen molar-refractivity contribution in [3.63, 3.8) is 0 Å². The van der Waals surface area contributed by atoms with E-state index in [4.69, 9.17) is 14.6 Å². The average Bonchev–Trinajstić information content (AvgIpc) is 3.01. The number of ketones is 1. The van der Waals surface area contributed by atoms with E-state index in [2.05, 4.69) is 11.0 Å². The van der Waals surface area contributed by atoms with Gasteiger partial charge in [0.1, 0.15) is 17.2 Å². The number of carbonyl (C=O) groups is 1. The zero-order valence-electron chi connectivity index (χ0n) is 16.3. The summed E-state index contributed by atoms with van der Waals surface area (Å²) >= 11 is 0. The summed E-state index contributed by atoms with van der Waals surface area (Å²) in [7, 11) is 7.26. The zero-order valence-corrected chi connectivity index (χ0v) is 16.3. The fraction of sp³-hybridized carbons (Fsp3) is 0.333. The van der Waals surface area contributed by atoms with Crippen molar-refractivity contribution in [3.8, 4) is 22.8 Å². The van der Waals surface area contributed by atoms with Gasteiger partial charge in [-0.25, -0.2) is 0 Å². The monoisotopic (exact) mass is 365 g/mol. The highest BCUT2D eigenvalue weighted by molar-refractivity contribution is 6.26. The first-order valence-electron chi connectivity index (χ1n) is 8.91. The van der Waals surface area contributed by atoms with Crippen LogP contribution in [0.25, 0.3) is 22.2 Å². The second-order valence-electron chi connectivity index (χ2n) is 7.16. The first-order valence-corrected chi connectivity index (χ1v) is 8.91. The normalized spacial score (nSPS) is 12.6. The second kappa shape index (κ2) is 6.39. The smallest absolute Gasteiger partial charge is 0.194 e. The maximum atomic E-state index is 13.3. The van der Waals surface area contributed by atoms with Gasteiger partial charge in [0.25, 0.3) is 0 Å². The number of aromatic nitrogens is 2. The molecule has 0 aliphatic heterocycles. The van der Waals surface area contributed by atoms with Crippen LogP contribution in [0.2, 0.25) is 0 Å². The van der Waals surface area contributed by atoms with E-state index in [1.54, 1.807) is 26.4 Å². The molecule has 6 heteroatoms. The van der Waals surface area contributed by atoms with Gasteiger partial charge in [0.05, 0.1) is 31.8 Å². The Kier molecular flexibility index (Phi) is 4.15. The molecule has 0 spiro atoms. The number of nitrogens with zero attached hydrogens (tertiary/aromatic N) is 3. The van der Waals surface area contributed by atoms with Crippen LogP contribution >= 0.6 is 0 Å². The van der Waals surface area contributed by atoms with Crippen molar-refractivity contribution >= 4 is 16.7 Å². The molecule has 27 heavy (non-hydrogen) atoms. The van der Waals surface area contributed by atoms with Crippen molar-refractivity contribution in [2.45, 2.75) is 13.5 Å². The molecule has 0 unspecified atom stereocenters. The standard InChI is InChI=1S/C21H23N3O3/c1-12-8-14-18-16(9-12)24(7-6-23(2)3)22-20(18)19-15(21(14)25)10-13(26-4)11-17(19)27-5/h8-11H,6-7H2,1-5H3. The van der Waals surface area contributed by atoms with Gasteiger partial charge in [-0.15, -0.1) is 0 Å². The lowest BCUT2D eigenvalue weighted by atomic mass is 9.86. The Hall–Kier alpha value is -2.86. The summed E-state index contributed by atoms with van der Waals surface area (Å²) in [6.45, 7) is 3.61. The summed E-state index contributed by atoms with van der Waals surface area (Å²) < 4.78 is 12.9. The number of aryl methyl sites for hydroxylation is 1. The maximum Gasteiger partial charge on any atom is 0.194 e. The molecule has 0 saturated heterocycles. The summed E-state index contributed by atoms with van der Waals surface area (Å²) in [5.74, 6) is 1.18. The Balaban J connectivity index is 2.05. The number of fused-ring (bicyclic) bond motifs is 2. The highest BCUT2D eigenvalue weighted by atomic mass is 16.5. The van der Waals surface area contributed by atoms with Crippen LogP contribution in [0.5, 0.6) is 11.5 Å². The van der Waals surface area contributed by atoms with Crippen LogP contribution in [0, 0.1) is 6.92 Å². The number of benzene rings is 2. The van der Waals surface area contributed by atoms with Crippen LogP contribution in [0.3, 0.4) is 0 Å². The molecular formula is C21H23N3O3. The van der Waals surface area contributed by atoms with E-state index in [1.165, 1.54) is 0 Å². The molecule has 3 aromatic rings. The van der Waals surface area contributed by atoms with E-state index >= 15 is 0 Å². The maximum absolute atomic E-state index is 13.3. The van der Waals surface area contributed by atoms with E-state index in [0.29, 0.717) is 22.6 Å². The molecule has 1 aromatic heterocycles. The van der Waals surface area contributed by atoms with Gasteiger partial charge in [-0.05, 0) is 44.8 Å². The molecule has 6 nitrogen and oxygen atoms in total. The van der Waals surface area contributed by atoms with Gasteiger partial charge in [-0.1, -0.05) is 0 Å². The third-order valence-corrected chi connectivity index (χ3v) is 5.01. The van der Waals surface area contributed by atoms with E-state index in [1.807, 2.05) is 31.8 Å². The van der Waals surface area contributed by atoms with Gasteiger partial charge in [0, 0.05) is 29.1 Å². The molecule has 0 bridgehead atoms. The van der Waals surface area contributed by atoms with E-state index < -0.39 is 0 Å². The minimum absolute atomic E-state index is 0.0180. The van der Waals surface area contributed by atoms with Gasteiger partial charge in [-0.3, -0.25) is 9.48 Å². The molecule has 0 saturated carbocycles. The van der Waals surface area contributed by atoms with Crippen LogP contribution < -0.4 is 9.47 Å². The molecule has 1 aliphatic rings. The molecule has 0 N–H and O–H groups in total. The lowest BCUT2D eigenvalue weighted by molar-refractivity contribution is 0.103. The van der Waals surface area contributed by atoms with Crippen molar-refractivity contribution in [1.29, 1.82) is 0 Å². The SMILES string of the molecule is COc1cc(OC)c2c(c1)C(=O)c1cc(C)cc3c1c-2nn3CCN(C)C. The summed E-state index contributed by atoms with van der Waals surface area (Å²) in [5, 5.41) is 5.79. The molecule has 0 atom stereocenters. The summed E-state index contributed by atoms with van der Waals surface area (Å²) in [4.78, 5) is 15.4. The molecular weight excluding hydrogens is 342 g/mol. The molecule has 4 rings (SSSR count). The minimum atomic E-state index is -0.0180. The Labute approximate surface area is 158 Å². The summed E-state index contributed by atoms with van der Waals surface area (Å²) in [6.07, 6.45) is 0. The van der Waals surface area contributed by atoms with E-state index in [9.17, 15) is 4.79 Å². The number of rotatable bonds is 5. The number of hydrogen-bond donors (Lipinski definition) is 0. The zero-order chi connectivity index (χ0) is 19.3. The Morgan fingerprint density at radius 2 is 1.85 bits per heavy atom. The van der Waals surface area contributed by atoms with Crippen LogP contribution in [-0.4, -0.2) is 55.3 Å². The van der Waals surface area contributed by atoms with E-state index in [0.717, 1.165) is 40.8 Å². The fourth-order valence-electron chi connectivity index (χ4n) is 3.70. The van der Waals surface area contributed by atoms with Gasteiger partial charge in [0.15, 0.2) is 5.78 Å². The van der Waals surface area contributed by atoms with Crippen LogP contribution in [0.1, 0.15) is 21.5 Å². The van der Waals surface area contributed by atoms with Crippen molar-refractivity contribution in [2.24, 2.45) is 0 Å². The first-order chi connectivity index (χ1) is 12.9. The number of likely N-dealkylation sites (N-methyl/N-ethyl adjacent to an activating group) is 1. The van der Waals surface area contributed by atoms with Crippen LogP contribution in [0.4, 0.5) is 0 Å². The number of ether oxygens (including phenoxy) is 2. The molecule has 0 radical (unpaired) electrons. The highest BCUT2D eigenvalue weighted by Gasteiger charge is 2.32. The minimum Gasteiger partial charge on any atom is -0.497 e. The van der Waals surface area contributed by atoms with Crippen molar-refractivity contribution in [1.82, 2.24) is 14.7 Å². The second-order valence-corrected chi connectivity index (χ2v) is 7.16. The lowest BCUT2D eigenvalue weighted by Crippen LogP contribution is -2.19. The molecule has 2 aromatic carbocycles.